The number of nitrogens with one attached hydrogen (secondary N) is 1. The topological polar surface area (TPSA) is 64.1 Å². The molecule has 1 heterocycles. The van der Waals surface area contributed by atoms with Gasteiger partial charge >= 0.3 is 0 Å². The Labute approximate surface area is 195 Å². The molecule has 0 aliphatic rings. The molecule has 6 heteroatoms. The lowest BCUT2D eigenvalue weighted by Crippen LogP contribution is -2.11. The summed E-state index contributed by atoms with van der Waals surface area (Å²) >= 11 is 6.02. The van der Waals surface area contributed by atoms with Crippen molar-refractivity contribution in [1.82, 2.24) is 10.2 Å². The van der Waals surface area contributed by atoms with Gasteiger partial charge in [-0.05, 0) is 54.6 Å². The lowest BCUT2D eigenvalue weighted by molar-refractivity contribution is 0.102. The van der Waals surface area contributed by atoms with Crippen molar-refractivity contribution in [2.45, 2.75) is 0 Å². The van der Waals surface area contributed by atoms with Crippen LogP contribution >= 0.6 is 11.6 Å². The molecular formula is C27H18ClN3O2. The fourth-order valence-electron chi connectivity index (χ4n) is 3.49. The number of amides is 1. The number of carbonyl (C=O) groups excluding carboxylic acids is 1. The van der Waals surface area contributed by atoms with E-state index in [1.54, 1.807) is 36.4 Å². The van der Waals surface area contributed by atoms with Gasteiger partial charge in [-0.2, -0.15) is 0 Å². The molecule has 5 nitrogen and oxygen atoms in total. The Kier molecular flexibility index (Phi) is 5.70. The zero-order valence-electron chi connectivity index (χ0n) is 17.4. The number of fused-ring (bicyclic) bond motifs is 1. The minimum absolute atomic E-state index is 0.168. The van der Waals surface area contributed by atoms with Crippen molar-refractivity contribution in [2.24, 2.45) is 0 Å². The van der Waals surface area contributed by atoms with Gasteiger partial charge in [0.15, 0.2) is 0 Å². The Hall–Kier alpha value is -4.22. The molecule has 160 valence electrons. The highest BCUT2D eigenvalue weighted by Gasteiger charge is 2.13. The second-order valence-electron chi connectivity index (χ2n) is 7.35. The second-order valence-corrected chi connectivity index (χ2v) is 7.79. The van der Waals surface area contributed by atoms with Gasteiger partial charge < -0.3 is 10.1 Å². The predicted molar refractivity (Wildman–Crippen MR) is 131 cm³/mol. The molecule has 0 radical (unpaired) electrons. The molecule has 0 saturated carbocycles. The maximum Gasteiger partial charge on any atom is 0.255 e. The lowest BCUT2D eigenvalue weighted by atomic mass is 10.1. The van der Waals surface area contributed by atoms with Crippen LogP contribution in [0.3, 0.4) is 0 Å². The van der Waals surface area contributed by atoms with E-state index in [0.717, 1.165) is 22.0 Å². The Morgan fingerprint density at radius 1 is 0.727 bits per heavy atom. The Balaban J connectivity index is 1.39. The monoisotopic (exact) mass is 451 g/mol. The van der Waals surface area contributed by atoms with E-state index in [2.05, 4.69) is 15.5 Å². The van der Waals surface area contributed by atoms with E-state index in [4.69, 9.17) is 16.3 Å². The summed E-state index contributed by atoms with van der Waals surface area (Å²) in [6.45, 7) is 0. The third-order valence-corrected chi connectivity index (χ3v) is 5.39. The maximum absolute atomic E-state index is 12.3. The number of hydrogen-bond donors (Lipinski definition) is 1. The van der Waals surface area contributed by atoms with Gasteiger partial charge in [-0.1, -0.05) is 60.1 Å². The molecule has 0 atom stereocenters. The van der Waals surface area contributed by atoms with E-state index in [9.17, 15) is 4.79 Å². The van der Waals surface area contributed by atoms with Crippen molar-refractivity contribution < 1.29 is 9.53 Å². The van der Waals surface area contributed by atoms with Gasteiger partial charge in [-0.25, -0.2) is 0 Å². The van der Waals surface area contributed by atoms with E-state index in [0.29, 0.717) is 27.9 Å². The number of rotatable bonds is 5. The molecule has 33 heavy (non-hydrogen) atoms. The van der Waals surface area contributed by atoms with E-state index in [1.165, 1.54) is 0 Å². The van der Waals surface area contributed by atoms with Crippen molar-refractivity contribution in [3.63, 3.8) is 0 Å². The van der Waals surface area contributed by atoms with Gasteiger partial charge in [0.25, 0.3) is 5.91 Å². The number of carbonyl (C=O) groups is 1. The molecule has 1 aromatic heterocycles. The van der Waals surface area contributed by atoms with Crippen LogP contribution in [0.2, 0.25) is 5.02 Å². The summed E-state index contributed by atoms with van der Waals surface area (Å²) in [6, 6.07) is 31.5. The number of anilines is 1. The Morgan fingerprint density at radius 3 is 2.12 bits per heavy atom. The van der Waals surface area contributed by atoms with E-state index in [1.807, 2.05) is 66.7 Å². The van der Waals surface area contributed by atoms with Gasteiger partial charge in [-0.3, -0.25) is 4.79 Å². The first-order valence-electron chi connectivity index (χ1n) is 10.3. The molecule has 0 aliphatic carbocycles. The fourth-order valence-corrected chi connectivity index (χ4v) is 3.61. The normalized spacial score (nSPS) is 10.7. The molecule has 1 N–H and O–H groups in total. The summed E-state index contributed by atoms with van der Waals surface area (Å²) in [4.78, 5) is 12.3. The first kappa shape index (κ1) is 20.7. The summed E-state index contributed by atoms with van der Waals surface area (Å²) in [5.74, 6) is 0.828. The van der Waals surface area contributed by atoms with Gasteiger partial charge in [0.05, 0.1) is 0 Å². The van der Waals surface area contributed by atoms with Gasteiger partial charge in [0, 0.05) is 32.6 Å². The Morgan fingerprint density at radius 2 is 1.39 bits per heavy atom. The molecule has 0 unspecified atom stereocenters. The first-order valence-corrected chi connectivity index (χ1v) is 10.7. The summed E-state index contributed by atoms with van der Waals surface area (Å²) in [7, 11) is 0. The Bertz CT molecular complexity index is 1420. The fraction of sp³-hybridized carbons (Fsp3) is 0. The van der Waals surface area contributed by atoms with Crippen LogP contribution in [-0.2, 0) is 0 Å². The molecule has 0 aliphatic heterocycles. The highest BCUT2D eigenvalue weighted by Crippen LogP contribution is 2.33. The average Bonchev–Trinajstić information content (AvgIpc) is 2.86. The van der Waals surface area contributed by atoms with Gasteiger partial charge in [-0.15, -0.1) is 10.2 Å². The lowest BCUT2D eigenvalue weighted by Gasteiger charge is -2.11. The van der Waals surface area contributed by atoms with Gasteiger partial charge in [0.2, 0.25) is 5.88 Å². The minimum atomic E-state index is -0.168. The third-order valence-electron chi connectivity index (χ3n) is 5.13. The molecule has 0 bridgehead atoms. The molecule has 1 amide bonds. The molecule has 5 aromatic rings. The molecular weight excluding hydrogens is 434 g/mol. The number of halogens is 1. The smallest absolute Gasteiger partial charge is 0.255 e. The molecule has 0 spiro atoms. The molecule has 0 saturated heterocycles. The van der Waals surface area contributed by atoms with Crippen LogP contribution in [0.5, 0.6) is 11.6 Å². The molecule has 0 fully saturated rings. The van der Waals surface area contributed by atoms with E-state index < -0.39 is 0 Å². The standard InChI is InChI=1S/C27H18ClN3O2/c28-20-12-10-18(11-13-20)25-23-8-4-5-9-24(23)27(31-30-25)33-22-16-14-21(15-17-22)29-26(32)19-6-2-1-3-7-19/h1-17H,(H,29,32). The zero-order chi connectivity index (χ0) is 22.6. The van der Waals surface area contributed by atoms with Crippen molar-refractivity contribution in [1.29, 1.82) is 0 Å². The van der Waals surface area contributed by atoms with Crippen LogP contribution in [0.15, 0.2) is 103 Å². The van der Waals surface area contributed by atoms with Crippen LogP contribution in [0.4, 0.5) is 5.69 Å². The minimum Gasteiger partial charge on any atom is -0.437 e. The SMILES string of the molecule is O=C(Nc1ccc(Oc2nnc(-c3ccc(Cl)cc3)c3ccccc23)cc1)c1ccccc1. The number of nitrogens with zero attached hydrogens (tertiary/aromatic N) is 2. The van der Waals surface area contributed by atoms with E-state index >= 15 is 0 Å². The second kappa shape index (κ2) is 9.10. The summed E-state index contributed by atoms with van der Waals surface area (Å²) in [6.07, 6.45) is 0. The molecule has 5 rings (SSSR count). The van der Waals surface area contributed by atoms with Crippen LogP contribution in [-0.4, -0.2) is 16.1 Å². The van der Waals surface area contributed by atoms with Crippen molar-refractivity contribution >= 4 is 34.0 Å². The third kappa shape index (κ3) is 4.54. The highest BCUT2D eigenvalue weighted by atomic mass is 35.5. The van der Waals surface area contributed by atoms with Crippen LogP contribution in [0.25, 0.3) is 22.0 Å². The van der Waals surface area contributed by atoms with Crippen molar-refractivity contribution in [2.75, 3.05) is 5.32 Å². The zero-order valence-corrected chi connectivity index (χ0v) is 18.2. The van der Waals surface area contributed by atoms with E-state index in [-0.39, 0.29) is 5.91 Å². The van der Waals surface area contributed by atoms with Crippen LogP contribution < -0.4 is 10.1 Å². The molecule has 4 aromatic carbocycles. The predicted octanol–water partition coefficient (Wildman–Crippen LogP) is 6.99. The maximum atomic E-state index is 12.3. The number of hydrogen-bond acceptors (Lipinski definition) is 4. The quantitative estimate of drug-likeness (QED) is 0.312. The summed E-state index contributed by atoms with van der Waals surface area (Å²) in [5, 5.41) is 14.1. The number of benzene rings is 4. The largest absolute Gasteiger partial charge is 0.437 e. The highest BCUT2D eigenvalue weighted by molar-refractivity contribution is 6.30. The number of ether oxygens (including phenoxy) is 1. The summed E-state index contributed by atoms with van der Waals surface area (Å²) < 4.78 is 6.04. The van der Waals surface area contributed by atoms with Crippen molar-refractivity contribution in [3.05, 3.63) is 114 Å². The van der Waals surface area contributed by atoms with Crippen LogP contribution in [0, 0.1) is 0 Å². The van der Waals surface area contributed by atoms with Crippen molar-refractivity contribution in [3.8, 4) is 22.9 Å². The number of aromatic nitrogens is 2. The average molecular weight is 452 g/mol. The van der Waals surface area contributed by atoms with Crippen LogP contribution in [0.1, 0.15) is 10.4 Å². The van der Waals surface area contributed by atoms with Gasteiger partial charge in [0.1, 0.15) is 11.4 Å². The first-order chi connectivity index (χ1) is 16.2. The summed E-state index contributed by atoms with van der Waals surface area (Å²) in [5.41, 5.74) is 2.95.